The number of benzene rings is 1. The molecule has 0 saturated carbocycles. The Balaban J connectivity index is 1.45. The van der Waals surface area contributed by atoms with Crippen LogP contribution in [0.4, 0.5) is 0 Å². The number of aromatic amines is 1. The summed E-state index contributed by atoms with van der Waals surface area (Å²) in [5.74, 6) is 0.0412. The van der Waals surface area contributed by atoms with E-state index in [9.17, 15) is 9.90 Å². The van der Waals surface area contributed by atoms with Crippen molar-refractivity contribution in [2.45, 2.75) is 39.7 Å². The third-order valence-corrected chi connectivity index (χ3v) is 5.76. The molecular formula is C22H27N5O2. The van der Waals surface area contributed by atoms with Gasteiger partial charge < -0.3 is 10.0 Å². The van der Waals surface area contributed by atoms with Gasteiger partial charge >= 0.3 is 0 Å². The summed E-state index contributed by atoms with van der Waals surface area (Å²) in [6.45, 7) is 6.82. The first-order valence-corrected chi connectivity index (χ1v) is 9.99. The highest BCUT2D eigenvalue weighted by Gasteiger charge is 2.34. The smallest absolute Gasteiger partial charge is 0.227 e. The number of aliphatic hydroxyl groups excluding tert-OH is 1. The van der Waals surface area contributed by atoms with Crippen molar-refractivity contribution in [3.05, 3.63) is 64.7 Å². The molecule has 152 valence electrons. The normalized spacial score (nSPS) is 19.1. The first-order chi connectivity index (χ1) is 13.9. The Morgan fingerprint density at radius 3 is 2.66 bits per heavy atom. The van der Waals surface area contributed by atoms with Gasteiger partial charge in [-0.1, -0.05) is 18.2 Å². The van der Waals surface area contributed by atoms with E-state index in [2.05, 4.69) is 15.3 Å². The zero-order chi connectivity index (χ0) is 20.5. The number of aromatic nitrogens is 4. The molecule has 4 rings (SSSR count). The number of nitrogens with one attached hydrogen (secondary N) is 1. The predicted molar refractivity (Wildman–Crippen MR) is 110 cm³/mol. The highest BCUT2D eigenvalue weighted by molar-refractivity contribution is 5.79. The molecule has 7 heteroatoms. The molecular weight excluding hydrogens is 366 g/mol. The second-order valence-electron chi connectivity index (χ2n) is 7.95. The maximum atomic E-state index is 13.0. The van der Waals surface area contributed by atoms with Crippen molar-refractivity contribution in [1.82, 2.24) is 24.9 Å². The van der Waals surface area contributed by atoms with Crippen LogP contribution < -0.4 is 0 Å². The van der Waals surface area contributed by atoms with Crippen molar-refractivity contribution in [1.29, 1.82) is 0 Å². The molecule has 2 aromatic heterocycles. The molecule has 3 aromatic rings. The quantitative estimate of drug-likeness (QED) is 0.695. The minimum Gasteiger partial charge on any atom is -0.391 e. The fourth-order valence-corrected chi connectivity index (χ4v) is 4.12. The highest BCUT2D eigenvalue weighted by atomic mass is 16.3. The van der Waals surface area contributed by atoms with Crippen LogP contribution in [0.15, 0.2) is 36.4 Å². The van der Waals surface area contributed by atoms with Crippen molar-refractivity contribution >= 4 is 5.91 Å². The lowest BCUT2D eigenvalue weighted by atomic mass is 10.00. The molecule has 0 aliphatic carbocycles. The van der Waals surface area contributed by atoms with Gasteiger partial charge in [0.1, 0.15) is 0 Å². The van der Waals surface area contributed by atoms with Crippen LogP contribution in [0.1, 0.15) is 28.3 Å². The highest BCUT2D eigenvalue weighted by Crippen LogP contribution is 2.24. The average molecular weight is 393 g/mol. The van der Waals surface area contributed by atoms with Crippen LogP contribution in [0.5, 0.6) is 0 Å². The number of rotatable bonds is 5. The Morgan fingerprint density at radius 2 is 1.97 bits per heavy atom. The molecule has 7 nitrogen and oxygen atoms in total. The second-order valence-corrected chi connectivity index (χ2v) is 7.95. The van der Waals surface area contributed by atoms with Crippen molar-refractivity contribution in [2.24, 2.45) is 5.92 Å². The summed E-state index contributed by atoms with van der Waals surface area (Å²) in [6, 6.07) is 11.9. The Kier molecular flexibility index (Phi) is 5.24. The van der Waals surface area contributed by atoms with Gasteiger partial charge in [-0.3, -0.25) is 9.89 Å². The zero-order valence-corrected chi connectivity index (χ0v) is 17.1. The number of hydrogen-bond acceptors (Lipinski definition) is 4. The molecule has 1 aliphatic rings. The van der Waals surface area contributed by atoms with Gasteiger partial charge in [-0.25, -0.2) is 4.68 Å². The van der Waals surface area contributed by atoms with Crippen LogP contribution in [0.25, 0.3) is 5.69 Å². The molecule has 1 fully saturated rings. The van der Waals surface area contributed by atoms with Crippen LogP contribution in [0, 0.1) is 26.7 Å². The van der Waals surface area contributed by atoms with E-state index in [1.54, 1.807) is 4.90 Å². The summed E-state index contributed by atoms with van der Waals surface area (Å²) in [5, 5.41) is 22.3. The maximum Gasteiger partial charge on any atom is 0.227 e. The number of β-amino-alcohol motifs (C(OH)–C–C–N with tert-alkyl or cyclic N) is 1. The van der Waals surface area contributed by atoms with Gasteiger partial charge in [-0.05, 0) is 45.4 Å². The molecule has 2 N–H and O–H groups in total. The first-order valence-electron chi connectivity index (χ1n) is 9.99. The minimum atomic E-state index is -0.523. The molecule has 29 heavy (non-hydrogen) atoms. The van der Waals surface area contributed by atoms with Crippen LogP contribution in [-0.4, -0.2) is 55.1 Å². The number of H-pyrrole nitrogens is 1. The molecule has 1 amide bonds. The van der Waals surface area contributed by atoms with Crippen molar-refractivity contribution in [3.63, 3.8) is 0 Å². The van der Waals surface area contributed by atoms with Crippen molar-refractivity contribution in [2.75, 3.05) is 13.1 Å². The number of carbonyl (C=O) groups is 1. The molecule has 0 radical (unpaired) electrons. The van der Waals surface area contributed by atoms with E-state index < -0.39 is 6.10 Å². The van der Waals surface area contributed by atoms with Gasteiger partial charge in [0.2, 0.25) is 5.91 Å². The van der Waals surface area contributed by atoms with E-state index in [-0.39, 0.29) is 11.8 Å². The fourth-order valence-electron chi connectivity index (χ4n) is 4.12. The lowest BCUT2D eigenvalue weighted by Gasteiger charge is -2.16. The summed E-state index contributed by atoms with van der Waals surface area (Å²) in [4.78, 5) is 14.7. The fraction of sp³-hybridized carbons (Fsp3) is 0.409. The molecule has 1 saturated heterocycles. The summed E-state index contributed by atoms with van der Waals surface area (Å²) in [7, 11) is 0. The van der Waals surface area contributed by atoms with E-state index in [1.807, 2.05) is 61.9 Å². The van der Waals surface area contributed by atoms with Gasteiger partial charge in [-0.2, -0.15) is 10.2 Å². The average Bonchev–Trinajstić information content (AvgIpc) is 3.36. The third-order valence-electron chi connectivity index (χ3n) is 5.76. The van der Waals surface area contributed by atoms with E-state index in [4.69, 9.17) is 0 Å². The Hall–Kier alpha value is -2.93. The molecule has 3 heterocycles. The van der Waals surface area contributed by atoms with E-state index in [0.29, 0.717) is 25.9 Å². The molecule has 0 unspecified atom stereocenters. The van der Waals surface area contributed by atoms with Gasteiger partial charge in [0.15, 0.2) is 0 Å². The Labute approximate surface area is 170 Å². The molecule has 2 atom stereocenters. The minimum absolute atomic E-state index is 0.0101. The number of nitrogens with zero attached hydrogens (tertiary/aromatic N) is 4. The first kappa shape index (κ1) is 19.4. The number of hydrogen-bond donors (Lipinski definition) is 2. The Morgan fingerprint density at radius 1 is 1.21 bits per heavy atom. The zero-order valence-electron chi connectivity index (χ0n) is 17.1. The van der Waals surface area contributed by atoms with Crippen LogP contribution in [-0.2, 0) is 17.6 Å². The molecule has 0 spiro atoms. The van der Waals surface area contributed by atoms with Crippen LogP contribution in [0.2, 0.25) is 0 Å². The SMILES string of the molecule is Cc1cc(C[C@@H]2CN(C(=O)Cc3c(C)nn(-c4ccccc4)c3C)C[C@H]2O)n[nH]1. The summed E-state index contributed by atoms with van der Waals surface area (Å²) >= 11 is 0. The predicted octanol–water partition coefficient (Wildman–Crippen LogP) is 2.13. The van der Waals surface area contributed by atoms with Crippen molar-refractivity contribution in [3.8, 4) is 5.69 Å². The van der Waals surface area contributed by atoms with Gasteiger partial charge in [0, 0.05) is 36.0 Å². The number of aliphatic hydroxyl groups is 1. The monoisotopic (exact) mass is 393 g/mol. The second kappa shape index (κ2) is 7.83. The lowest BCUT2D eigenvalue weighted by molar-refractivity contribution is -0.129. The van der Waals surface area contributed by atoms with Crippen LogP contribution >= 0.6 is 0 Å². The van der Waals surface area contributed by atoms with Gasteiger partial charge in [0.25, 0.3) is 0 Å². The summed E-state index contributed by atoms with van der Waals surface area (Å²) in [5.41, 5.74) is 5.71. The van der Waals surface area contributed by atoms with E-state index >= 15 is 0 Å². The summed E-state index contributed by atoms with van der Waals surface area (Å²) in [6.07, 6.45) is 0.440. The topological polar surface area (TPSA) is 87.0 Å². The van der Waals surface area contributed by atoms with E-state index in [1.165, 1.54) is 0 Å². The van der Waals surface area contributed by atoms with Gasteiger partial charge in [0.05, 0.1) is 29.6 Å². The standard InChI is InChI=1S/C22H27N5O2/c1-14-9-18(24-23-14)10-17-12-26(13-21(17)28)22(29)11-20-15(2)25-27(16(20)3)19-7-5-4-6-8-19/h4-9,17,21,28H,10-13H2,1-3H3,(H,23,24)/t17-,21-/m1/s1. The lowest BCUT2D eigenvalue weighted by Crippen LogP contribution is -2.31. The molecule has 1 aromatic carbocycles. The van der Waals surface area contributed by atoms with Crippen LogP contribution in [0.3, 0.4) is 0 Å². The van der Waals surface area contributed by atoms with E-state index in [0.717, 1.165) is 34.0 Å². The Bertz CT molecular complexity index is 1010. The summed E-state index contributed by atoms with van der Waals surface area (Å²) < 4.78 is 1.89. The number of amides is 1. The number of aryl methyl sites for hydroxylation is 2. The number of likely N-dealkylation sites (tertiary alicyclic amines) is 1. The van der Waals surface area contributed by atoms with Gasteiger partial charge in [-0.15, -0.1) is 0 Å². The number of carbonyl (C=O) groups excluding carboxylic acids is 1. The third kappa shape index (κ3) is 3.96. The molecule has 0 bridgehead atoms. The maximum absolute atomic E-state index is 13.0. The number of para-hydroxylation sites is 1. The molecule has 1 aliphatic heterocycles. The largest absolute Gasteiger partial charge is 0.391 e. The van der Waals surface area contributed by atoms with Crippen molar-refractivity contribution < 1.29 is 9.90 Å².